The average molecular weight is 310 g/mol. The summed E-state index contributed by atoms with van der Waals surface area (Å²) in [6.07, 6.45) is 6.21. The fraction of sp³-hybridized carbons (Fsp3) is 0.214. The zero-order chi connectivity index (χ0) is 15.1. The molecule has 22 heavy (non-hydrogen) atoms. The van der Waals surface area contributed by atoms with E-state index in [0.29, 0.717) is 16.3 Å². The molecule has 108 valence electrons. The second-order valence-electron chi connectivity index (χ2n) is 4.93. The van der Waals surface area contributed by atoms with Crippen LogP contribution in [0.1, 0.15) is 33.0 Å². The summed E-state index contributed by atoms with van der Waals surface area (Å²) < 4.78 is 1.44. The van der Waals surface area contributed by atoms with Crippen molar-refractivity contribution in [1.82, 2.24) is 19.6 Å². The van der Waals surface area contributed by atoms with Gasteiger partial charge in [0.15, 0.2) is 0 Å². The summed E-state index contributed by atoms with van der Waals surface area (Å²) in [5.74, 6) is -0.0279. The molecule has 4 rings (SSSR count). The third-order valence-corrected chi connectivity index (χ3v) is 4.79. The van der Waals surface area contributed by atoms with Gasteiger partial charge in [-0.05, 0) is 30.9 Å². The van der Waals surface area contributed by atoms with E-state index in [9.17, 15) is 10.1 Å². The Balaban J connectivity index is 1.66. The van der Waals surface area contributed by atoms with Crippen molar-refractivity contribution >= 4 is 28.0 Å². The number of nitriles is 1. The standard InChI is InChI=1S/C14H10N6OS/c15-7-9-8-3-1-4-10(8)22-13(9)18-12(21)11-17-14-16-5-2-6-20(14)19-11/h2,5-6H,1,3-4H2,(H,18,21). The monoisotopic (exact) mass is 310 g/mol. The Bertz CT molecular complexity index is 902. The fourth-order valence-electron chi connectivity index (χ4n) is 2.60. The Morgan fingerprint density at radius 3 is 3.18 bits per heavy atom. The lowest BCUT2D eigenvalue weighted by molar-refractivity contribution is 0.101. The Kier molecular flexibility index (Phi) is 2.87. The molecular formula is C14H10N6OS. The Hall–Kier alpha value is -2.79. The van der Waals surface area contributed by atoms with Gasteiger partial charge in [-0.25, -0.2) is 9.50 Å². The van der Waals surface area contributed by atoms with Crippen LogP contribution in [-0.2, 0) is 12.8 Å². The molecule has 1 aliphatic rings. The van der Waals surface area contributed by atoms with Crippen molar-refractivity contribution in [1.29, 1.82) is 5.26 Å². The van der Waals surface area contributed by atoms with Crippen LogP contribution < -0.4 is 5.32 Å². The van der Waals surface area contributed by atoms with Crippen LogP contribution in [0.5, 0.6) is 0 Å². The van der Waals surface area contributed by atoms with Gasteiger partial charge >= 0.3 is 0 Å². The SMILES string of the molecule is N#Cc1c(NC(=O)c2nc3ncccn3n2)sc2c1CCC2. The number of aryl methyl sites for hydroxylation is 1. The van der Waals surface area contributed by atoms with E-state index in [4.69, 9.17) is 0 Å². The van der Waals surface area contributed by atoms with Crippen molar-refractivity contribution in [3.63, 3.8) is 0 Å². The van der Waals surface area contributed by atoms with Crippen LogP contribution in [0.25, 0.3) is 5.78 Å². The number of amides is 1. The highest BCUT2D eigenvalue weighted by Crippen LogP contribution is 2.38. The van der Waals surface area contributed by atoms with E-state index in [0.717, 1.165) is 24.8 Å². The number of fused-ring (bicyclic) bond motifs is 2. The molecule has 3 aromatic rings. The number of nitrogens with one attached hydrogen (secondary N) is 1. The van der Waals surface area contributed by atoms with Gasteiger partial charge in [0.1, 0.15) is 11.1 Å². The van der Waals surface area contributed by atoms with Crippen molar-refractivity contribution in [2.75, 3.05) is 5.32 Å². The highest BCUT2D eigenvalue weighted by atomic mass is 32.1. The molecule has 3 heterocycles. The number of thiophene rings is 1. The zero-order valence-corrected chi connectivity index (χ0v) is 12.2. The van der Waals surface area contributed by atoms with Gasteiger partial charge in [0.05, 0.1) is 5.56 Å². The number of nitrogens with zero attached hydrogens (tertiary/aromatic N) is 5. The van der Waals surface area contributed by atoms with Crippen LogP contribution in [0, 0.1) is 11.3 Å². The number of hydrogen-bond donors (Lipinski definition) is 1. The molecule has 0 atom stereocenters. The minimum Gasteiger partial charge on any atom is -0.310 e. The maximum atomic E-state index is 12.3. The lowest BCUT2D eigenvalue weighted by Crippen LogP contribution is -2.14. The molecule has 0 radical (unpaired) electrons. The van der Waals surface area contributed by atoms with Gasteiger partial charge < -0.3 is 5.32 Å². The summed E-state index contributed by atoms with van der Waals surface area (Å²) in [4.78, 5) is 21.6. The molecule has 0 saturated carbocycles. The van der Waals surface area contributed by atoms with E-state index in [1.807, 2.05) is 0 Å². The highest BCUT2D eigenvalue weighted by molar-refractivity contribution is 7.16. The van der Waals surface area contributed by atoms with E-state index < -0.39 is 5.91 Å². The summed E-state index contributed by atoms with van der Waals surface area (Å²) in [5.41, 5.74) is 1.65. The number of carbonyl (C=O) groups is 1. The van der Waals surface area contributed by atoms with Crippen LogP contribution in [0.15, 0.2) is 18.5 Å². The van der Waals surface area contributed by atoms with Crippen LogP contribution >= 0.6 is 11.3 Å². The Morgan fingerprint density at radius 1 is 1.45 bits per heavy atom. The van der Waals surface area contributed by atoms with Gasteiger partial charge in [0.2, 0.25) is 5.82 Å². The van der Waals surface area contributed by atoms with Crippen LogP contribution in [-0.4, -0.2) is 25.5 Å². The van der Waals surface area contributed by atoms with Gasteiger partial charge in [-0.15, -0.1) is 16.4 Å². The lowest BCUT2D eigenvalue weighted by atomic mass is 10.1. The molecule has 1 amide bonds. The van der Waals surface area contributed by atoms with Crippen molar-refractivity contribution in [3.8, 4) is 6.07 Å². The molecule has 0 unspecified atom stereocenters. The summed E-state index contributed by atoms with van der Waals surface area (Å²) in [5, 5.41) is 16.8. The summed E-state index contributed by atoms with van der Waals surface area (Å²) in [6, 6.07) is 3.91. The van der Waals surface area contributed by atoms with Crippen molar-refractivity contribution < 1.29 is 4.79 Å². The van der Waals surface area contributed by atoms with E-state index in [2.05, 4.69) is 26.5 Å². The first-order valence-corrected chi connectivity index (χ1v) is 7.61. The molecule has 0 aromatic carbocycles. The lowest BCUT2D eigenvalue weighted by Gasteiger charge is -2.00. The predicted octanol–water partition coefficient (Wildman–Crippen LogP) is 1.80. The summed E-state index contributed by atoms with van der Waals surface area (Å²) >= 11 is 1.47. The van der Waals surface area contributed by atoms with Crippen molar-refractivity contribution in [2.24, 2.45) is 0 Å². The van der Waals surface area contributed by atoms with Crippen molar-refractivity contribution in [2.45, 2.75) is 19.3 Å². The van der Waals surface area contributed by atoms with Crippen molar-refractivity contribution in [3.05, 3.63) is 40.3 Å². The Labute approximate surface area is 129 Å². The van der Waals surface area contributed by atoms with Crippen LogP contribution in [0.3, 0.4) is 0 Å². The molecule has 0 bridgehead atoms. The first-order valence-electron chi connectivity index (χ1n) is 6.79. The molecule has 0 fully saturated rings. The third-order valence-electron chi connectivity index (χ3n) is 3.58. The first-order chi connectivity index (χ1) is 10.8. The number of aromatic nitrogens is 4. The molecule has 0 aliphatic heterocycles. The molecule has 3 aromatic heterocycles. The molecule has 1 N–H and O–H groups in total. The topological polar surface area (TPSA) is 96.0 Å². The molecule has 8 heteroatoms. The smallest absolute Gasteiger partial charge is 0.296 e. The maximum absolute atomic E-state index is 12.3. The van der Waals surface area contributed by atoms with Gasteiger partial charge in [0, 0.05) is 17.3 Å². The number of hydrogen-bond acceptors (Lipinski definition) is 6. The number of rotatable bonds is 2. The molecule has 0 spiro atoms. The molecule has 7 nitrogen and oxygen atoms in total. The maximum Gasteiger partial charge on any atom is 0.296 e. The van der Waals surface area contributed by atoms with Crippen LogP contribution in [0.2, 0.25) is 0 Å². The third kappa shape index (κ3) is 1.95. The normalized spacial score (nSPS) is 13.0. The Morgan fingerprint density at radius 2 is 2.36 bits per heavy atom. The van der Waals surface area contributed by atoms with Gasteiger partial charge in [-0.1, -0.05) is 0 Å². The number of carbonyl (C=O) groups excluding carboxylic acids is 1. The second-order valence-corrected chi connectivity index (χ2v) is 6.03. The van der Waals surface area contributed by atoms with E-state index >= 15 is 0 Å². The summed E-state index contributed by atoms with van der Waals surface area (Å²) in [7, 11) is 0. The first kappa shape index (κ1) is 12.9. The molecule has 0 saturated heterocycles. The largest absolute Gasteiger partial charge is 0.310 e. The van der Waals surface area contributed by atoms with Crippen LogP contribution in [0.4, 0.5) is 5.00 Å². The second kappa shape index (κ2) is 4.89. The molecular weight excluding hydrogens is 300 g/mol. The minimum atomic E-state index is -0.429. The van der Waals surface area contributed by atoms with Gasteiger partial charge in [-0.2, -0.15) is 10.2 Å². The van der Waals surface area contributed by atoms with Gasteiger partial charge in [-0.3, -0.25) is 4.79 Å². The summed E-state index contributed by atoms with van der Waals surface area (Å²) in [6.45, 7) is 0. The molecule has 1 aliphatic carbocycles. The predicted molar refractivity (Wildman–Crippen MR) is 79.8 cm³/mol. The van der Waals surface area contributed by atoms with E-state index in [1.165, 1.54) is 20.7 Å². The fourth-order valence-corrected chi connectivity index (χ4v) is 3.83. The minimum absolute atomic E-state index is 0.0381. The van der Waals surface area contributed by atoms with E-state index in [-0.39, 0.29) is 5.82 Å². The zero-order valence-electron chi connectivity index (χ0n) is 11.4. The van der Waals surface area contributed by atoms with Gasteiger partial charge in [0.25, 0.3) is 11.7 Å². The number of anilines is 1. The average Bonchev–Trinajstić information content (AvgIpc) is 3.19. The quantitative estimate of drug-likeness (QED) is 0.778. The van der Waals surface area contributed by atoms with E-state index in [1.54, 1.807) is 18.5 Å². The highest BCUT2D eigenvalue weighted by Gasteiger charge is 2.24.